The molecule has 0 aromatic carbocycles. The molecular formula is C13H22ClN3. The minimum absolute atomic E-state index is 0.404. The van der Waals surface area contributed by atoms with E-state index in [1.807, 2.05) is 0 Å². The zero-order chi connectivity index (χ0) is 12.5. The Hall–Kier alpha value is -0.540. The van der Waals surface area contributed by atoms with Crippen LogP contribution in [0.5, 0.6) is 0 Å². The fourth-order valence-electron chi connectivity index (χ4n) is 2.52. The van der Waals surface area contributed by atoms with Crippen LogP contribution in [-0.2, 0) is 19.4 Å². The van der Waals surface area contributed by atoms with E-state index in [1.165, 1.54) is 12.1 Å². The van der Waals surface area contributed by atoms with Crippen LogP contribution >= 0.6 is 11.6 Å². The summed E-state index contributed by atoms with van der Waals surface area (Å²) < 4.78 is 2.08. The van der Waals surface area contributed by atoms with Gasteiger partial charge in [-0.1, -0.05) is 25.4 Å². The summed E-state index contributed by atoms with van der Waals surface area (Å²) in [5.74, 6) is 0. The summed E-state index contributed by atoms with van der Waals surface area (Å²) in [6.45, 7) is 9.62. The summed E-state index contributed by atoms with van der Waals surface area (Å²) in [5, 5.41) is 8.86. The smallest absolute Gasteiger partial charge is 0.0850 e. The first kappa shape index (κ1) is 12.9. The molecule has 0 amide bonds. The molecule has 1 saturated heterocycles. The zero-order valence-corrected chi connectivity index (χ0v) is 11.8. The van der Waals surface area contributed by atoms with Crippen molar-refractivity contribution >= 4 is 11.6 Å². The highest BCUT2D eigenvalue weighted by atomic mass is 35.5. The topological polar surface area (TPSA) is 29.9 Å². The number of hydrogen-bond acceptors (Lipinski definition) is 2. The predicted molar refractivity (Wildman–Crippen MR) is 71.6 cm³/mol. The largest absolute Gasteiger partial charge is 0.316 e. The van der Waals surface area contributed by atoms with Gasteiger partial charge in [-0.25, -0.2) is 0 Å². The van der Waals surface area contributed by atoms with Crippen LogP contribution in [0.3, 0.4) is 0 Å². The standard InChI is InChI=1S/C13H22ClN3/c1-4-10-12(14)11(17(6-3)16-10)7-13(5-2)8-15-9-13/h15H,4-9H2,1-3H3. The molecule has 0 bridgehead atoms. The monoisotopic (exact) mass is 255 g/mol. The van der Waals surface area contributed by atoms with E-state index >= 15 is 0 Å². The molecule has 2 heterocycles. The normalized spacial score (nSPS) is 18.1. The highest BCUT2D eigenvalue weighted by Gasteiger charge is 2.37. The second-order valence-corrected chi connectivity index (χ2v) is 5.39. The van der Waals surface area contributed by atoms with Crippen molar-refractivity contribution in [3.63, 3.8) is 0 Å². The molecule has 0 radical (unpaired) electrons. The van der Waals surface area contributed by atoms with E-state index in [0.717, 1.165) is 43.2 Å². The average Bonchev–Trinajstić information content (AvgIpc) is 2.60. The number of nitrogens with zero attached hydrogens (tertiary/aromatic N) is 2. The fraction of sp³-hybridized carbons (Fsp3) is 0.769. The summed E-state index contributed by atoms with van der Waals surface area (Å²) >= 11 is 6.45. The number of hydrogen-bond donors (Lipinski definition) is 1. The van der Waals surface area contributed by atoms with Crippen LogP contribution in [0.25, 0.3) is 0 Å². The molecule has 0 spiro atoms. The van der Waals surface area contributed by atoms with E-state index in [2.05, 4.69) is 35.9 Å². The Morgan fingerprint density at radius 1 is 1.35 bits per heavy atom. The average molecular weight is 256 g/mol. The lowest BCUT2D eigenvalue weighted by Gasteiger charge is -2.42. The van der Waals surface area contributed by atoms with Gasteiger partial charge < -0.3 is 5.32 Å². The van der Waals surface area contributed by atoms with E-state index in [4.69, 9.17) is 11.6 Å². The Labute approximate surface area is 109 Å². The number of nitrogens with one attached hydrogen (secondary N) is 1. The van der Waals surface area contributed by atoms with E-state index in [-0.39, 0.29) is 0 Å². The molecule has 17 heavy (non-hydrogen) atoms. The molecule has 3 nitrogen and oxygen atoms in total. The minimum Gasteiger partial charge on any atom is -0.316 e. The van der Waals surface area contributed by atoms with Gasteiger partial charge in [-0.15, -0.1) is 0 Å². The maximum atomic E-state index is 6.45. The lowest BCUT2D eigenvalue weighted by Crippen LogP contribution is -2.54. The molecule has 0 unspecified atom stereocenters. The second-order valence-electron chi connectivity index (χ2n) is 5.01. The first-order valence-corrected chi connectivity index (χ1v) is 6.98. The molecule has 4 heteroatoms. The number of aromatic nitrogens is 2. The molecule has 0 aliphatic carbocycles. The highest BCUT2D eigenvalue weighted by molar-refractivity contribution is 6.31. The molecule has 96 valence electrons. The maximum Gasteiger partial charge on any atom is 0.0850 e. The van der Waals surface area contributed by atoms with Crippen molar-refractivity contribution < 1.29 is 0 Å². The summed E-state index contributed by atoms with van der Waals surface area (Å²) in [7, 11) is 0. The molecule has 1 N–H and O–H groups in total. The van der Waals surface area contributed by atoms with Gasteiger partial charge in [0.1, 0.15) is 0 Å². The van der Waals surface area contributed by atoms with Gasteiger partial charge in [-0.2, -0.15) is 5.10 Å². The first-order chi connectivity index (χ1) is 8.15. The molecule has 0 saturated carbocycles. The van der Waals surface area contributed by atoms with E-state index in [0.29, 0.717) is 5.41 Å². The van der Waals surface area contributed by atoms with Gasteiger partial charge in [0.05, 0.1) is 16.4 Å². The second kappa shape index (κ2) is 4.99. The van der Waals surface area contributed by atoms with Crippen LogP contribution in [0.1, 0.15) is 38.6 Å². The summed E-state index contributed by atoms with van der Waals surface area (Å²) in [6.07, 6.45) is 3.17. The van der Waals surface area contributed by atoms with Crippen molar-refractivity contribution in [2.24, 2.45) is 5.41 Å². The number of aryl methyl sites for hydroxylation is 2. The minimum atomic E-state index is 0.404. The highest BCUT2D eigenvalue weighted by Crippen LogP contribution is 2.34. The van der Waals surface area contributed by atoms with Crippen molar-refractivity contribution in [3.05, 3.63) is 16.4 Å². The third kappa shape index (κ3) is 2.23. The maximum absolute atomic E-state index is 6.45. The molecular weight excluding hydrogens is 234 g/mol. The molecule has 0 atom stereocenters. The molecule has 1 aliphatic heterocycles. The van der Waals surface area contributed by atoms with Crippen LogP contribution in [0.2, 0.25) is 5.02 Å². The van der Waals surface area contributed by atoms with Crippen LogP contribution in [-0.4, -0.2) is 22.9 Å². The van der Waals surface area contributed by atoms with Gasteiger partial charge in [-0.3, -0.25) is 4.68 Å². The lowest BCUT2D eigenvalue weighted by atomic mass is 9.75. The Morgan fingerprint density at radius 3 is 2.47 bits per heavy atom. The third-order valence-electron chi connectivity index (χ3n) is 3.99. The number of rotatable bonds is 5. The predicted octanol–water partition coefficient (Wildman–Crippen LogP) is 2.66. The van der Waals surface area contributed by atoms with Crippen molar-refractivity contribution in [2.45, 2.75) is 46.6 Å². The summed E-state index contributed by atoms with van der Waals surface area (Å²) in [5.41, 5.74) is 2.68. The fourth-order valence-corrected chi connectivity index (χ4v) is 2.86. The Balaban J connectivity index is 2.27. The third-order valence-corrected chi connectivity index (χ3v) is 4.42. The van der Waals surface area contributed by atoms with Crippen molar-refractivity contribution in [3.8, 4) is 0 Å². The lowest BCUT2D eigenvalue weighted by molar-refractivity contribution is 0.156. The van der Waals surface area contributed by atoms with E-state index < -0.39 is 0 Å². The van der Waals surface area contributed by atoms with E-state index in [9.17, 15) is 0 Å². The Morgan fingerprint density at radius 2 is 2.06 bits per heavy atom. The van der Waals surface area contributed by atoms with Gasteiger partial charge in [-0.05, 0) is 26.2 Å². The number of halogens is 1. The van der Waals surface area contributed by atoms with Crippen LogP contribution in [0.15, 0.2) is 0 Å². The quantitative estimate of drug-likeness (QED) is 0.877. The van der Waals surface area contributed by atoms with E-state index in [1.54, 1.807) is 0 Å². The molecule has 1 fully saturated rings. The van der Waals surface area contributed by atoms with Crippen molar-refractivity contribution in [2.75, 3.05) is 13.1 Å². The summed E-state index contributed by atoms with van der Waals surface area (Å²) in [6, 6.07) is 0. The Bertz CT molecular complexity index is 388. The molecule has 1 aromatic rings. The summed E-state index contributed by atoms with van der Waals surface area (Å²) in [4.78, 5) is 0. The van der Waals surface area contributed by atoms with Gasteiger partial charge in [0.25, 0.3) is 0 Å². The van der Waals surface area contributed by atoms with Crippen LogP contribution < -0.4 is 5.32 Å². The molecule has 2 rings (SSSR count). The molecule has 1 aromatic heterocycles. The van der Waals surface area contributed by atoms with Crippen LogP contribution in [0, 0.1) is 5.41 Å². The van der Waals surface area contributed by atoms with Gasteiger partial charge in [0.15, 0.2) is 0 Å². The zero-order valence-electron chi connectivity index (χ0n) is 11.0. The van der Waals surface area contributed by atoms with Crippen molar-refractivity contribution in [1.82, 2.24) is 15.1 Å². The van der Waals surface area contributed by atoms with Gasteiger partial charge in [0, 0.05) is 25.0 Å². The van der Waals surface area contributed by atoms with Gasteiger partial charge >= 0.3 is 0 Å². The molecule has 1 aliphatic rings. The van der Waals surface area contributed by atoms with Gasteiger partial charge in [0.2, 0.25) is 0 Å². The first-order valence-electron chi connectivity index (χ1n) is 6.60. The Kier molecular flexibility index (Phi) is 3.79. The SMILES string of the molecule is CCc1nn(CC)c(CC2(CC)CNC2)c1Cl. The van der Waals surface area contributed by atoms with Crippen LogP contribution in [0.4, 0.5) is 0 Å². The van der Waals surface area contributed by atoms with Crippen molar-refractivity contribution in [1.29, 1.82) is 0 Å².